The van der Waals surface area contributed by atoms with Crippen LogP contribution in [-0.2, 0) is 21.2 Å². The fourth-order valence-corrected chi connectivity index (χ4v) is 4.74. The Kier molecular flexibility index (Phi) is 8.69. The molecule has 3 aromatic carbocycles. The number of carbonyl (C=O) groups excluding carboxylic acids is 1. The van der Waals surface area contributed by atoms with Gasteiger partial charge in [0.1, 0.15) is 4.90 Å². The predicted molar refractivity (Wildman–Crippen MR) is 136 cm³/mol. The number of nitrogens with one attached hydrogen (secondary N) is 2. The molecule has 0 fully saturated rings. The van der Waals surface area contributed by atoms with Crippen LogP contribution in [0, 0.1) is 0 Å². The SMILES string of the molecule is COc1cc(C=CC(=O)O)cc(S(=O)(=O)Nc2ccccc2C(=O)NCCc2ccccc2)c1OC. The minimum absolute atomic E-state index is 0.0673. The Morgan fingerprint density at radius 1 is 0.972 bits per heavy atom. The molecule has 0 saturated heterocycles. The van der Waals surface area contributed by atoms with Gasteiger partial charge in [-0.05, 0) is 47.9 Å². The maximum Gasteiger partial charge on any atom is 0.328 e. The maximum absolute atomic E-state index is 13.4. The number of ether oxygens (including phenoxy) is 2. The van der Waals surface area contributed by atoms with Crippen LogP contribution in [-0.4, -0.2) is 46.2 Å². The lowest BCUT2D eigenvalue weighted by molar-refractivity contribution is -0.131. The van der Waals surface area contributed by atoms with Crippen molar-refractivity contribution in [3.8, 4) is 11.5 Å². The number of rotatable bonds is 11. The first kappa shape index (κ1) is 26.3. The summed E-state index contributed by atoms with van der Waals surface area (Å²) >= 11 is 0. The van der Waals surface area contributed by atoms with Gasteiger partial charge in [0, 0.05) is 12.6 Å². The monoisotopic (exact) mass is 510 g/mol. The number of sulfonamides is 1. The number of aliphatic carboxylic acids is 1. The number of carboxylic acid groups (broad SMARTS) is 1. The van der Waals surface area contributed by atoms with Crippen molar-refractivity contribution in [2.75, 3.05) is 25.5 Å². The maximum atomic E-state index is 13.4. The Balaban J connectivity index is 1.89. The van der Waals surface area contributed by atoms with Gasteiger partial charge < -0.3 is 19.9 Å². The summed E-state index contributed by atoms with van der Waals surface area (Å²) < 4.78 is 39.8. The Hall–Kier alpha value is -4.31. The standard InChI is InChI=1S/C26H26N2O7S/c1-34-22-16-19(12-13-24(29)30)17-23(25(22)35-2)36(32,33)28-21-11-7-6-10-20(21)26(31)27-15-14-18-8-4-3-5-9-18/h3-13,16-17,28H,14-15H2,1-2H3,(H,27,31)(H,29,30). The first-order chi connectivity index (χ1) is 17.2. The molecule has 0 aliphatic heterocycles. The van der Waals surface area contributed by atoms with E-state index in [0.717, 1.165) is 11.6 Å². The van der Waals surface area contributed by atoms with Gasteiger partial charge in [-0.3, -0.25) is 9.52 Å². The molecule has 0 aliphatic carbocycles. The zero-order valence-corrected chi connectivity index (χ0v) is 20.5. The third-order valence-electron chi connectivity index (χ3n) is 5.13. The molecule has 0 radical (unpaired) electrons. The van der Waals surface area contributed by atoms with Crippen LogP contribution in [0.5, 0.6) is 11.5 Å². The van der Waals surface area contributed by atoms with Crippen LogP contribution in [0.25, 0.3) is 6.08 Å². The highest BCUT2D eigenvalue weighted by Crippen LogP contribution is 2.37. The molecule has 0 bridgehead atoms. The molecule has 0 atom stereocenters. The number of carbonyl (C=O) groups is 2. The van der Waals surface area contributed by atoms with E-state index in [2.05, 4.69) is 10.0 Å². The van der Waals surface area contributed by atoms with Crippen molar-refractivity contribution in [1.29, 1.82) is 0 Å². The van der Waals surface area contributed by atoms with Gasteiger partial charge in [-0.25, -0.2) is 13.2 Å². The van der Waals surface area contributed by atoms with E-state index in [0.29, 0.717) is 13.0 Å². The van der Waals surface area contributed by atoms with Gasteiger partial charge in [-0.1, -0.05) is 42.5 Å². The molecule has 0 aliphatic rings. The van der Waals surface area contributed by atoms with Crippen molar-refractivity contribution in [2.24, 2.45) is 0 Å². The summed E-state index contributed by atoms with van der Waals surface area (Å²) in [5.74, 6) is -1.61. The van der Waals surface area contributed by atoms with E-state index >= 15 is 0 Å². The summed E-state index contributed by atoms with van der Waals surface area (Å²) in [6.45, 7) is 0.368. The molecule has 9 nitrogen and oxygen atoms in total. The second kappa shape index (κ2) is 11.9. The number of carboxylic acids is 1. The van der Waals surface area contributed by atoms with E-state index in [9.17, 15) is 18.0 Å². The summed E-state index contributed by atoms with van der Waals surface area (Å²) in [4.78, 5) is 23.5. The molecule has 10 heteroatoms. The highest BCUT2D eigenvalue weighted by atomic mass is 32.2. The fourth-order valence-electron chi connectivity index (χ4n) is 3.44. The van der Waals surface area contributed by atoms with Gasteiger partial charge in [0.05, 0.1) is 25.5 Å². The molecule has 36 heavy (non-hydrogen) atoms. The number of hydrogen-bond acceptors (Lipinski definition) is 6. The molecule has 0 saturated carbocycles. The van der Waals surface area contributed by atoms with Crippen LogP contribution in [0.1, 0.15) is 21.5 Å². The summed E-state index contributed by atoms with van der Waals surface area (Å²) in [5, 5.41) is 11.7. The zero-order chi connectivity index (χ0) is 26.1. The molecule has 3 N–H and O–H groups in total. The lowest BCUT2D eigenvalue weighted by Gasteiger charge is -2.17. The molecule has 1 amide bonds. The summed E-state index contributed by atoms with van der Waals surface area (Å²) in [6, 6.07) is 18.6. The smallest absolute Gasteiger partial charge is 0.328 e. The predicted octanol–water partition coefficient (Wildman–Crippen LogP) is 3.57. The van der Waals surface area contributed by atoms with Crippen molar-refractivity contribution in [3.05, 3.63) is 89.5 Å². The average Bonchev–Trinajstić information content (AvgIpc) is 2.87. The second-order valence-electron chi connectivity index (χ2n) is 7.57. The fraction of sp³-hybridized carbons (Fsp3) is 0.154. The minimum Gasteiger partial charge on any atom is -0.493 e. The lowest BCUT2D eigenvalue weighted by atomic mass is 10.1. The third-order valence-corrected chi connectivity index (χ3v) is 6.50. The number of para-hydroxylation sites is 1. The van der Waals surface area contributed by atoms with Crippen molar-refractivity contribution in [2.45, 2.75) is 11.3 Å². The largest absolute Gasteiger partial charge is 0.493 e. The molecule has 3 rings (SSSR count). The number of anilines is 1. The van der Waals surface area contributed by atoms with Gasteiger partial charge in [0.2, 0.25) is 0 Å². The first-order valence-electron chi connectivity index (χ1n) is 10.9. The lowest BCUT2D eigenvalue weighted by Crippen LogP contribution is -2.27. The third kappa shape index (κ3) is 6.63. The zero-order valence-electron chi connectivity index (χ0n) is 19.7. The Bertz CT molecular complexity index is 1370. The quantitative estimate of drug-likeness (QED) is 0.336. The number of benzene rings is 3. The van der Waals surface area contributed by atoms with E-state index < -0.39 is 21.9 Å². The molecule has 0 heterocycles. The van der Waals surface area contributed by atoms with Crippen LogP contribution in [0.2, 0.25) is 0 Å². The van der Waals surface area contributed by atoms with Crippen LogP contribution in [0.3, 0.4) is 0 Å². The molecule has 0 spiro atoms. The molecular weight excluding hydrogens is 484 g/mol. The summed E-state index contributed by atoms with van der Waals surface area (Å²) in [7, 11) is -1.66. The van der Waals surface area contributed by atoms with Gasteiger partial charge in [0.15, 0.2) is 11.5 Å². The summed E-state index contributed by atoms with van der Waals surface area (Å²) in [6.07, 6.45) is 2.73. The second-order valence-corrected chi connectivity index (χ2v) is 9.22. The normalized spacial score (nSPS) is 11.2. The van der Waals surface area contributed by atoms with Crippen LogP contribution in [0.15, 0.2) is 77.7 Å². The van der Waals surface area contributed by atoms with Crippen molar-refractivity contribution >= 4 is 33.7 Å². The Morgan fingerprint density at radius 3 is 2.33 bits per heavy atom. The van der Waals surface area contributed by atoms with E-state index in [1.807, 2.05) is 30.3 Å². The highest BCUT2D eigenvalue weighted by Gasteiger charge is 2.25. The van der Waals surface area contributed by atoms with E-state index in [1.165, 1.54) is 44.6 Å². The van der Waals surface area contributed by atoms with Crippen LogP contribution >= 0.6 is 0 Å². The van der Waals surface area contributed by atoms with E-state index in [4.69, 9.17) is 14.6 Å². The first-order valence-corrected chi connectivity index (χ1v) is 12.3. The van der Waals surface area contributed by atoms with E-state index in [-0.39, 0.29) is 33.2 Å². The summed E-state index contributed by atoms with van der Waals surface area (Å²) in [5.41, 5.74) is 1.54. The van der Waals surface area contributed by atoms with Gasteiger partial charge >= 0.3 is 5.97 Å². The molecule has 3 aromatic rings. The molecule has 188 valence electrons. The van der Waals surface area contributed by atoms with Gasteiger partial charge in [-0.2, -0.15) is 0 Å². The molecule has 0 unspecified atom stereocenters. The minimum atomic E-state index is -4.29. The van der Waals surface area contributed by atoms with Crippen molar-refractivity contribution in [1.82, 2.24) is 5.32 Å². The number of methoxy groups -OCH3 is 2. The molecular formula is C26H26N2O7S. The van der Waals surface area contributed by atoms with Crippen molar-refractivity contribution in [3.63, 3.8) is 0 Å². The van der Waals surface area contributed by atoms with Crippen molar-refractivity contribution < 1.29 is 32.6 Å². The topological polar surface area (TPSA) is 131 Å². The van der Waals surface area contributed by atoms with Gasteiger partial charge in [0.25, 0.3) is 15.9 Å². The number of amides is 1. The van der Waals surface area contributed by atoms with Crippen LogP contribution < -0.4 is 19.5 Å². The number of hydrogen-bond donors (Lipinski definition) is 3. The average molecular weight is 511 g/mol. The Labute approximate surface area is 209 Å². The molecule has 0 aromatic heterocycles. The Morgan fingerprint density at radius 2 is 1.67 bits per heavy atom. The highest BCUT2D eigenvalue weighted by molar-refractivity contribution is 7.92. The van der Waals surface area contributed by atoms with Crippen LogP contribution in [0.4, 0.5) is 5.69 Å². The van der Waals surface area contributed by atoms with E-state index in [1.54, 1.807) is 12.1 Å². The van der Waals surface area contributed by atoms with Gasteiger partial charge in [-0.15, -0.1) is 0 Å².